The van der Waals surface area contributed by atoms with Crippen molar-refractivity contribution in [2.45, 2.75) is 10.1 Å². The minimum absolute atomic E-state index is 0.324. The van der Waals surface area contributed by atoms with Gasteiger partial charge >= 0.3 is 5.19 Å². The van der Waals surface area contributed by atoms with Gasteiger partial charge in [0.1, 0.15) is 5.75 Å². The standard InChI is InChI=1S/C14H10FNOS/c15-14(11-16,17-12-7-3-1-4-8-12)18-13-9-5-2-6-10-13/h1-10H. The number of rotatable bonds is 4. The van der Waals surface area contributed by atoms with Crippen LogP contribution in [-0.4, -0.2) is 5.19 Å². The van der Waals surface area contributed by atoms with Gasteiger partial charge in [-0.2, -0.15) is 9.65 Å². The first-order valence-electron chi connectivity index (χ1n) is 5.30. The fourth-order valence-electron chi connectivity index (χ4n) is 1.35. The quantitative estimate of drug-likeness (QED) is 0.614. The van der Waals surface area contributed by atoms with E-state index >= 15 is 0 Å². The molecule has 0 aliphatic carbocycles. The van der Waals surface area contributed by atoms with Crippen LogP contribution in [0.5, 0.6) is 5.75 Å². The second kappa shape index (κ2) is 5.56. The lowest BCUT2D eigenvalue weighted by Crippen LogP contribution is -2.23. The Morgan fingerprint density at radius 3 is 2.11 bits per heavy atom. The molecule has 0 fully saturated rings. The number of benzene rings is 2. The van der Waals surface area contributed by atoms with Crippen LogP contribution in [0.1, 0.15) is 0 Å². The number of nitriles is 1. The van der Waals surface area contributed by atoms with Crippen molar-refractivity contribution in [3.8, 4) is 11.8 Å². The summed E-state index contributed by atoms with van der Waals surface area (Å²) in [7, 11) is 0. The summed E-state index contributed by atoms with van der Waals surface area (Å²) < 4.78 is 19.4. The third kappa shape index (κ3) is 3.25. The first-order valence-corrected chi connectivity index (χ1v) is 6.12. The van der Waals surface area contributed by atoms with Gasteiger partial charge in [0.05, 0.1) is 0 Å². The van der Waals surface area contributed by atoms with E-state index in [2.05, 4.69) is 0 Å². The number of thioether (sulfide) groups is 1. The number of halogens is 1. The lowest BCUT2D eigenvalue weighted by atomic mass is 10.3. The Morgan fingerprint density at radius 2 is 1.56 bits per heavy atom. The van der Waals surface area contributed by atoms with Gasteiger partial charge in [-0.3, -0.25) is 0 Å². The highest BCUT2D eigenvalue weighted by molar-refractivity contribution is 8.00. The van der Waals surface area contributed by atoms with E-state index in [0.717, 1.165) is 11.8 Å². The third-order valence-electron chi connectivity index (χ3n) is 2.12. The van der Waals surface area contributed by atoms with Crippen LogP contribution in [0.25, 0.3) is 0 Å². The maximum Gasteiger partial charge on any atom is 0.391 e. The smallest absolute Gasteiger partial charge is 0.391 e. The summed E-state index contributed by atoms with van der Waals surface area (Å²) in [5.41, 5.74) is 0. The molecular formula is C14H10FNOS. The highest BCUT2D eigenvalue weighted by Crippen LogP contribution is 2.35. The Hall–Kier alpha value is -1.99. The van der Waals surface area contributed by atoms with E-state index in [0.29, 0.717) is 10.6 Å². The van der Waals surface area contributed by atoms with Crippen molar-refractivity contribution in [3.05, 3.63) is 60.7 Å². The van der Waals surface area contributed by atoms with Crippen molar-refractivity contribution in [3.63, 3.8) is 0 Å². The summed E-state index contributed by atoms with van der Waals surface area (Å²) in [5, 5.41) is 6.51. The zero-order valence-corrected chi connectivity index (χ0v) is 10.2. The Morgan fingerprint density at radius 1 is 1.00 bits per heavy atom. The average molecular weight is 259 g/mol. The maximum absolute atomic E-state index is 14.3. The number of alkyl halides is 1. The Kier molecular flexibility index (Phi) is 3.85. The molecule has 0 aliphatic rings. The maximum atomic E-state index is 14.3. The monoisotopic (exact) mass is 259 g/mol. The van der Waals surface area contributed by atoms with Crippen molar-refractivity contribution < 1.29 is 9.13 Å². The van der Waals surface area contributed by atoms with Crippen molar-refractivity contribution in [1.29, 1.82) is 5.26 Å². The minimum atomic E-state index is -2.43. The molecule has 1 unspecified atom stereocenters. The van der Waals surface area contributed by atoms with E-state index in [1.807, 2.05) is 6.07 Å². The summed E-state index contributed by atoms with van der Waals surface area (Å²) in [4.78, 5) is 0.637. The summed E-state index contributed by atoms with van der Waals surface area (Å²) in [6.07, 6.45) is 0. The molecule has 0 N–H and O–H groups in total. The molecule has 2 aromatic rings. The summed E-state index contributed by atoms with van der Waals surface area (Å²) in [5.74, 6) is 0.324. The molecule has 1 atom stereocenters. The Labute approximate surface area is 109 Å². The van der Waals surface area contributed by atoms with Crippen molar-refractivity contribution in [1.82, 2.24) is 0 Å². The molecular weight excluding hydrogens is 249 g/mol. The number of nitrogens with zero attached hydrogens (tertiary/aromatic N) is 1. The van der Waals surface area contributed by atoms with Crippen molar-refractivity contribution in [2.24, 2.45) is 0 Å². The fraction of sp³-hybridized carbons (Fsp3) is 0.0714. The van der Waals surface area contributed by atoms with Gasteiger partial charge in [-0.15, -0.1) is 0 Å². The molecule has 0 saturated heterocycles. The second-order valence-electron chi connectivity index (χ2n) is 3.48. The highest BCUT2D eigenvalue weighted by atomic mass is 32.2. The van der Waals surface area contributed by atoms with E-state index in [9.17, 15) is 4.39 Å². The topological polar surface area (TPSA) is 33.0 Å². The van der Waals surface area contributed by atoms with Crippen LogP contribution < -0.4 is 4.74 Å². The van der Waals surface area contributed by atoms with Gasteiger partial charge in [0.2, 0.25) is 0 Å². The van der Waals surface area contributed by atoms with Gasteiger partial charge in [0, 0.05) is 4.90 Å². The molecule has 0 heterocycles. The zero-order chi connectivity index (χ0) is 12.8. The van der Waals surface area contributed by atoms with Gasteiger partial charge in [-0.1, -0.05) is 36.4 Å². The molecule has 2 rings (SSSR count). The number of hydrogen-bond acceptors (Lipinski definition) is 3. The van der Waals surface area contributed by atoms with Crippen molar-refractivity contribution >= 4 is 11.8 Å². The van der Waals surface area contributed by atoms with Gasteiger partial charge < -0.3 is 4.74 Å². The molecule has 0 saturated carbocycles. The van der Waals surface area contributed by atoms with Crippen LogP contribution in [0, 0.1) is 11.3 Å². The van der Waals surface area contributed by atoms with Crippen molar-refractivity contribution in [2.75, 3.05) is 0 Å². The van der Waals surface area contributed by atoms with Crippen LogP contribution in [-0.2, 0) is 0 Å². The minimum Gasteiger partial charge on any atom is -0.438 e. The summed E-state index contributed by atoms with van der Waals surface area (Å²) in [6.45, 7) is 0. The predicted molar refractivity (Wildman–Crippen MR) is 68.8 cm³/mol. The molecule has 4 heteroatoms. The van der Waals surface area contributed by atoms with E-state index in [1.165, 1.54) is 0 Å². The molecule has 0 aromatic heterocycles. The van der Waals surface area contributed by atoms with Gasteiger partial charge in [-0.25, -0.2) is 0 Å². The van der Waals surface area contributed by atoms with E-state index in [-0.39, 0.29) is 0 Å². The molecule has 0 aliphatic heterocycles. The first-order chi connectivity index (χ1) is 8.72. The second-order valence-corrected chi connectivity index (χ2v) is 4.68. The Bertz CT molecular complexity index is 497. The molecule has 90 valence electrons. The SMILES string of the molecule is N#CC(F)(Oc1ccccc1)Sc1ccccc1. The molecule has 0 bridgehead atoms. The van der Waals surface area contributed by atoms with E-state index in [1.54, 1.807) is 60.7 Å². The predicted octanol–water partition coefficient (Wildman–Crippen LogP) is 4.00. The van der Waals surface area contributed by atoms with E-state index in [4.69, 9.17) is 10.00 Å². The number of hydrogen-bond donors (Lipinski definition) is 0. The summed E-state index contributed by atoms with van der Waals surface area (Å²) >= 11 is 0.736. The molecule has 18 heavy (non-hydrogen) atoms. The van der Waals surface area contributed by atoms with Crippen LogP contribution in [0.15, 0.2) is 65.6 Å². The number of para-hydroxylation sites is 1. The summed E-state index contributed by atoms with van der Waals surface area (Å²) in [6, 6.07) is 18.8. The van der Waals surface area contributed by atoms with Gasteiger partial charge in [-0.05, 0) is 36.0 Å². The van der Waals surface area contributed by atoms with Crippen LogP contribution in [0.3, 0.4) is 0 Å². The van der Waals surface area contributed by atoms with E-state index < -0.39 is 5.19 Å². The number of ether oxygens (including phenoxy) is 1. The lowest BCUT2D eigenvalue weighted by Gasteiger charge is -2.18. The average Bonchev–Trinajstić information content (AvgIpc) is 2.41. The van der Waals surface area contributed by atoms with Crippen LogP contribution >= 0.6 is 11.8 Å². The largest absolute Gasteiger partial charge is 0.438 e. The lowest BCUT2D eigenvalue weighted by molar-refractivity contribution is 0.0844. The first kappa shape index (κ1) is 12.5. The fourth-order valence-corrected chi connectivity index (χ4v) is 2.13. The normalized spacial score (nSPS) is 13.3. The van der Waals surface area contributed by atoms with Crippen LogP contribution in [0.4, 0.5) is 4.39 Å². The molecule has 2 aromatic carbocycles. The Balaban J connectivity index is 2.14. The third-order valence-corrected chi connectivity index (χ3v) is 3.06. The van der Waals surface area contributed by atoms with Gasteiger partial charge in [0.25, 0.3) is 0 Å². The zero-order valence-electron chi connectivity index (χ0n) is 9.42. The van der Waals surface area contributed by atoms with Crippen LogP contribution in [0.2, 0.25) is 0 Å². The molecule has 0 radical (unpaired) electrons. The molecule has 0 spiro atoms. The molecule has 2 nitrogen and oxygen atoms in total. The molecule has 0 amide bonds. The van der Waals surface area contributed by atoms with Gasteiger partial charge in [0.15, 0.2) is 6.07 Å². The highest BCUT2D eigenvalue weighted by Gasteiger charge is 2.33.